The fourth-order valence-corrected chi connectivity index (χ4v) is 3.97. The van der Waals surface area contributed by atoms with Crippen molar-refractivity contribution in [2.24, 2.45) is 16.8 Å². The van der Waals surface area contributed by atoms with E-state index in [4.69, 9.17) is 0 Å². The molecule has 2 rings (SSSR count). The number of piperazine rings is 1. The molecule has 24 heavy (non-hydrogen) atoms. The number of hydrogen-bond donors (Lipinski definition) is 2. The molecule has 3 unspecified atom stereocenters. The average Bonchev–Trinajstić information content (AvgIpc) is 2.53. The van der Waals surface area contributed by atoms with Gasteiger partial charge in [-0.05, 0) is 38.8 Å². The van der Waals surface area contributed by atoms with Crippen molar-refractivity contribution in [3.63, 3.8) is 0 Å². The number of nitrogens with one attached hydrogen (secondary N) is 2. The molecule has 2 fully saturated rings. The van der Waals surface area contributed by atoms with Crippen LogP contribution in [0.25, 0.3) is 0 Å². The largest absolute Gasteiger partial charge is 0.356 e. The number of hydrogen-bond acceptors (Lipinski definition) is 3. The number of aliphatic imine (C=N–C) groups is 1. The van der Waals surface area contributed by atoms with E-state index in [0.29, 0.717) is 6.04 Å². The molecule has 0 aromatic heterocycles. The maximum atomic E-state index is 4.38. The highest BCUT2D eigenvalue weighted by atomic mass is 127. The molecule has 1 aliphatic carbocycles. The zero-order valence-electron chi connectivity index (χ0n) is 16.1. The molecule has 0 aromatic rings. The van der Waals surface area contributed by atoms with E-state index in [2.05, 4.69) is 46.4 Å². The van der Waals surface area contributed by atoms with Crippen molar-refractivity contribution in [2.45, 2.75) is 45.1 Å². The zero-order chi connectivity index (χ0) is 16.7. The number of nitrogens with zero attached hydrogens (tertiary/aromatic N) is 3. The van der Waals surface area contributed by atoms with Crippen LogP contribution in [0.3, 0.4) is 0 Å². The van der Waals surface area contributed by atoms with E-state index in [9.17, 15) is 0 Å². The van der Waals surface area contributed by atoms with Crippen LogP contribution in [0.5, 0.6) is 0 Å². The predicted molar refractivity (Wildman–Crippen MR) is 114 cm³/mol. The van der Waals surface area contributed by atoms with Crippen LogP contribution in [0, 0.1) is 11.8 Å². The highest BCUT2D eigenvalue weighted by molar-refractivity contribution is 14.0. The quantitative estimate of drug-likeness (QED) is 0.382. The lowest BCUT2D eigenvalue weighted by Crippen LogP contribution is -2.55. The Morgan fingerprint density at radius 1 is 1.17 bits per heavy atom. The molecule has 6 heteroatoms. The Bertz CT molecular complexity index is 376. The summed E-state index contributed by atoms with van der Waals surface area (Å²) in [5, 5.41) is 7.01. The second-order valence-corrected chi connectivity index (χ2v) is 7.70. The summed E-state index contributed by atoms with van der Waals surface area (Å²) in [7, 11) is 6.30. The van der Waals surface area contributed by atoms with Crippen molar-refractivity contribution in [3.8, 4) is 0 Å². The van der Waals surface area contributed by atoms with E-state index in [1.54, 1.807) is 0 Å². The molecular formula is C18H38IN5. The Kier molecular flexibility index (Phi) is 10.5. The molecular weight excluding hydrogens is 413 g/mol. The van der Waals surface area contributed by atoms with Crippen LogP contribution in [0.2, 0.25) is 0 Å². The third-order valence-corrected chi connectivity index (χ3v) is 5.60. The molecule has 2 aliphatic rings. The molecule has 5 nitrogen and oxygen atoms in total. The maximum absolute atomic E-state index is 4.38. The molecule has 1 saturated carbocycles. The SMILES string of the molecule is CN=C(NCCC1CCCC(C)C1)NCC1CN(C)CCN1C.I. The standard InChI is InChI=1S/C18H37N5.HI/c1-15-6-5-7-16(12-15)8-9-20-18(19-2)21-13-17-14-22(3)10-11-23(17)4;/h15-17H,5-14H2,1-4H3,(H2,19,20,21);1H. The van der Waals surface area contributed by atoms with Gasteiger partial charge in [-0.1, -0.05) is 26.2 Å². The summed E-state index contributed by atoms with van der Waals surface area (Å²) >= 11 is 0. The number of rotatable bonds is 5. The molecule has 0 bridgehead atoms. The van der Waals surface area contributed by atoms with Crippen LogP contribution in [0.4, 0.5) is 0 Å². The first-order valence-electron chi connectivity index (χ1n) is 9.41. The number of likely N-dealkylation sites (N-methyl/N-ethyl adjacent to an activating group) is 2. The monoisotopic (exact) mass is 451 g/mol. The van der Waals surface area contributed by atoms with E-state index in [1.807, 2.05) is 7.05 Å². The summed E-state index contributed by atoms with van der Waals surface area (Å²) in [6, 6.07) is 0.562. The second kappa shape index (κ2) is 11.5. The van der Waals surface area contributed by atoms with E-state index >= 15 is 0 Å². The second-order valence-electron chi connectivity index (χ2n) is 7.70. The highest BCUT2D eigenvalue weighted by Gasteiger charge is 2.22. The molecule has 142 valence electrons. The minimum atomic E-state index is 0. The van der Waals surface area contributed by atoms with Crippen molar-refractivity contribution in [1.82, 2.24) is 20.4 Å². The summed E-state index contributed by atoms with van der Waals surface area (Å²) in [4.78, 5) is 9.23. The summed E-state index contributed by atoms with van der Waals surface area (Å²) < 4.78 is 0. The van der Waals surface area contributed by atoms with Crippen LogP contribution >= 0.6 is 24.0 Å². The van der Waals surface area contributed by atoms with Gasteiger partial charge in [0.2, 0.25) is 0 Å². The van der Waals surface area contributed by atoms with Crippen molar-refractivity contribution in [3.05, 3.63) is 0 Å². The summed E-state index contributed by atoms with van der Waals surface area (Å²) in [5.41, 5.74) is 0. The van der Waals surface area contributed by atoms with Crippen LogP contribution in [0.1, 0.15) is 39.0 Å². The molecule has 0 amide bonds. The van der Waals surface area contributed by atoms with Crippen LogP contribution < -0.4 is 10.6 Å². The van der Waals surface area contributed by atoms with Crippen molar-refractivity contribution < 1.29 is 0 Å². The van der Waals surface area contributed by atoms with Gasteiger partial charge in [0.1, 0.15) is 0 Å². The third kappa shape index (κ3) is 7.44. The van der Waals surface area contributed by atoms with Gasteiger partial charge in [0.05, 0.1) is 0 Å². The Morgan fingerprint density at radius 3 is 2.67 bits per heavy atom. The summed E-state index contributed by atoms with van der Waals surface area (Å²) in [6.07, 6.45) is 6.94. The van der Waals surface area contributed by atoms with Gasteiger partial charge in [-0.15, -0.1) is 24.0 Å². The average molecular weight is 451 g/mol. The van der Waals surface area contributed by atoms with Gasteiger partial charge >= 0.3 is 0 Å². The van der Waals surface area contributed by atoms with E-state index < -0.39 is 0 Å². The van der Waals surface area contributed by atoms with Gasteiger partial charge in [-0.3, -0.25) is 9.89 Å². The smallest absolute Gasteiger partial charge is 0.191 e. The van der Waals surface area contributed by atoms with Gasteiger partial charge in [0, 0.05) is 45.8 Å². The predicted octanol–water partition coefficient (Wildman–Crippen LogP) is 2.23. The highest BCUT2D eigenvalue weighted by Crippen LogP contribution is 2.30. The first-order valence-corrected chi connectivity index (χ1v) is 9.41. The van der Waals surface area contributed by atoms with Crippen molar-refractivity contribution in [1.29, 1.82) is 0 Å². The van der Waals surface area contributed by atoms with Crippen LogP contribution in [-0.4, -0.2) is 75.7 Å². The third-order valence-electron chi connectivity index (χ3n) is 5.60. The number of halogens is 1. The van der Waals surface area contributed by atoms with Gasteiger partial charge in [0.25, 0.3) is 0 Å². The van der Waals surface area contributed by atoms with Crippen molar-refractivity contribution in [2.75, 3.05) is 53.9 Å². The Balaban J connectivity index is 0.00000288. The lowest BCUT2D eigenvalue weighted by molar-refractivity contribution is 0.116. The van der Waals surface area contributed by atoms with Crippen LogP contribution in [-0.2, 0) is 0 Å². The Morgan fingerprint density at radius 2 is 1.96 bits per heavy atom. The van der Waals surface area contributed by atoms with Crippen molar-refractivity contribution >= 4 is 29.9 Å². The van der Waals surface area contributed by atoms with Gasteiger partial charge in [-0.2, -0.15) is 0 Å². The first-order chi connectivity index (χ1) is 11.1. The zero-order valence-corrected chi connectivity index (χ0v) is 18.4. The van der Waals surface area contributed by atoms with Crippen LogP contribution in [0.15, 0.2) is 4.99 Å². The molecule has 0 spiro atoms. The topological polar surface area (TPSA) is 42.9 Å². The Labute approximate surface area is 166 Å². The molecule has 1 heterocycles. The normalized spacial score (nSPS) is 29.8. The molecule has 0 radical (unpaired) electrons. The van der Waals surface area contributed by atoms with Gasteiger partial charge in [-0.25, -0.2) is 0 Å². The van der Waals surface area contributed by atoms with Gasteiger partial charge in [0.15, 0.2) is 5.96 Å². The number of guanidine groups is 1. The Hall–Kier alpha value is -0.0800. The fourth-order valence-electron chi connectivity index (χ4n) is 3.97. The molecule has 0 aromatic carbocycles. The molecule has 3 atom stereocenters. The van der Waals surface area contributed by atoms with E-state index in [1.165, 1.54) is 38.6 Å². The van der Waals surface area contributed by atoms with Gasteiger partial charge < -0.3 is 15.5 Å². The molecule has 1 saturated heterocycles. The molecule has 2 N–H and O–H groups in total. The lowest BCUT2D eigenvalue weighted by Gasteiger charge is -2.38. The molecule has 1 aliphatic heterocycles. The minimum absolute atomic E-state index is 0. The summed E-state index contributed by atoms with van der Waals surface area (Å²) in [5.74, 6) is 2.78. The lowest BCUT2D eigenvalue weighted by atomic mass is 9.81. The fraction of sp³-hybridized carbons (Fsp3) is 0.944. The van der Waals surface area contributed by atoms with E-state index in [0.717, 1.165) is 44.0 Å². The maximum Gasteiger partial charge on any atom is 0.191 e. The van der Waals surface area contributed by atoms with E-state index in [-0.39, 0.29) is 24.0 Å². The first kappa shape index (κ1) is 22.0. The summed E-state index contributed by atoms with van der Waals surface area (Å²) in [6.45, 7) is 7.84. The minimum Gasteiger partial charge on any atom is -0.356 e.